The van der Waals surface area contributed by atoms with Crippen LogP contribution >= 0.6 is 11.3 Å². The van der Waals surface area contributed by atoms with Gasteiger partial charge in [-0.15, -0.1) is 6.58 Å². The zero-order valence-electron chi connectivity index (χ0n) is 10.7. The maximum absolute atomic E-state index is 5.71. The largest absolute Gasteiger partial charge is 0.375 e. The van der Waals surface area contributed by atoms with E-state index in [1.807, 2.05) is 6.08 Å². The van der Waals surface area contributed by atoms with Gasteiger partial charge in [-0.25, -0.2) is 4.98 Å². The molecule has 1 heterocycles. The van der Waals surface area contributed by atoms with Crippen LogP contribution in [0.5, 0.6) is 0 Å². The van der Waals surface area contributed by atoms with E-state index in [0.29, 0.717) is 5.13 Å². The van der Waals surface area contributed by atoms with E-state index in [-0.39, 0.29) is 0 Å². The summed E-state index contributed by atoms with van der Waals surface area (Å²) in [6, 6.07) is 6.37. The van der Waals surface area contributed by atoms with E-state index < -0.39 is 0 Å². The zero-order valence-corrected chi connectivity index (χ0v) is 11.5. The highest BCUT2D eigenvalue weighted by atomic mass is 32.1. The molecular weight excluding hydrogens is 242 g/mol. The molecule has 2 aromatic rings. The molecule has 0 saturated heterocycles. The molecule has 2 rings (SSSR count). The Hall–Kier alpha value is -1.39. The normalized spacial score (nSPS) is 11.2. The van der Waals surface area contributed by atoms with Crippen molar-refractivity contribution in [3.05, 3.63) is 36.4 Å². The Labute approximate surface area is 112 Å². The molecule has 0 fully saturated rings. The number of anilines is 1. The van der Waals surface area contributed by atoms with Crippen LogP contribution in [0.2, 0.25) is 0 Å². The SMILES string of the molecule is C=CCCCN(C)Cc1ccc2nc(N)sc2c1. The lowest BCUT2D eigenvalue weighted by atomic mass is 10.2. The lowest BCUT2D eigenvalue weighted by molar-refractivity contribution is 0.323. The fourth-order valence-electron chi connectivity index (χ4n) is 1.98. The number of allylic oxidation sites excluding steroid dienone is 1. The lowest BCUT2D eigenvalue weighted by Gasteiger charge is -2.16. The molecule has 4 heteroatoms. The molecule has 0 radical (unpaired) electrons. The third kappa shape index (κ3) is 3.31. The van der Waals surface area contributed by atoms with Crippen LogP contribution in [-0.4, -0.2) is 23.5 Å². The van der Waals surface area contributed by atoms with Gasteiger partial charge < -0.3 is 10.6 Å². The Balaban J connectivity index is 2.00. The molecule has 3 nitrogen and oxygen atoms in total. The molecule has 0 atom stereocenters. The summed E-state index contributed by atoms with van der Waals surface area (Å²) >= 11 is 1.55. The standard InChI is InChI=1S/C14H19N3S/c1-3-4-5-8-17(2)10-11-6-7-12-13(9-11)18-14(15)16-12/h3,6-7,9H,1,4-5,8,10H2,2H3,(H2,15,16). The minimum absolute atomic E-state index is 0.640. The van der Waals surface area contributed by atoms with Gasteiger partial charge in [-0.3, -0.25) is 0 Å². The van der Waals surface area contributed by atoms with Gasteiger partial charge in [0.25, 0.3) is 0 Å². The van der Waals surface area contributed by atoms with Crippen LogP contribution in [0, 0.1) is 0 Å². The number of aromatic nitrogens is 1. The molecule has 96 valence electrons. The van der Waals surface area contributed by atoms with Crippen LogP contribution < -0.4 is 5.73 Å². The number of fused-ring (bicyclic) bond motifs is 1. The van der Waals surface area contributed by atoms with Crippen molar-refractivity contribution in [1.82, 2.24) is 9.88 Å². The van der Waals surface area contributed by atoms with Crippen molar-refractivity contribution in [1.29, 1.82) is 0 Å². The minimum Gasteiger partial charge on any atom is -0.375 e. The molecule has 0 aliphatic heterocycles. The third-order valence-electron chi connectivity index (χ3n) is 2.87. The van der Waals surface area contributed by atoms with Gasteiger partial charge in [0.1, 0.15) is 0 Å². The maximum atomic E-state index is 5.71. The molecule has 1 aromatic carbocycles. The summed E-state index contributed by atoms with van der Waals surface area (Å²) in [5.41, 5.74) is 8.02. The van der Waals surface area contributed by atoms with Gasteiger partial charge in [0, 0.05) is 6.54 Å². The summed E-state index contributed by atoms with van der Waals surface area (Å²) in [6.07, 6.45) is 4.21. The average molecular weight is 261 g/mol. The quantitative estimate of drug-likeness (QED) is 0.641. The first-order valence-electron chi connectivity index (χ1n) is 6.13. The van der Waals surface area contributed by atoms with Crippen molar-refractivity contribution in [3.8, 4) is 0 Å². The number of rotatable bonds is 6. The number of benzene rings is 1. The summed E-state index contributed by atoms with van der Waals surface area (Å²) in [4.78, 5) is 6.59. The summed E-state index contributed by atoms with van der Waals surface area (Å²) in [5, 5.41) is 0.640. The molecule has 0 spiro atoms. The van der Waals surface area contributed by atoms with Gasteiger partial charge >= 0.3 is 0 Å². The Morgan fingerprint density at radius 1 is 1.50 bits per heavy atom. The van der Waals surface area contributed by atoms with Crippen LogP contribution in [0.3, 0.4) is 0 Å². The third-order valence-corrected chi connectivity index (χ3v) is 3.72. The Bertz CT molecular complexity index is 533. The number of thiazole rings is 1. The Morgan fingerprint density at radius 3 is 3.11 bits per heavy atom. The van der Waals surface area contributed by atoms with Gasteiger partial charge in [0.05, 0.1) is 10.2 Å². The number of hydrogen-bond acceptors (Lipinski definition) is 4. The van der Waals surface area contributed by atoms with E-state index in [1.54, 1.807) is 11.3 Å². The van der Waals surface area contributed by atoms with Crippen molar-refractivity contribution in [2.75, 3.05) is 19.3 Å². The summed E-state index contributed by atoms with van der Waals surface area (Å²) in [5.74, 6) is 0. The molecule has 0 aliphatic rings. The highest BCUT2D eigenvalue weighted by molar-refractivity contribution is 7.22. The van der Waals surface area contributed by atoms with Crippen molar-refractivity contribution in [3.63, 3.8) is 0 Å². The second kappa shape index (κ2) is 5.98. The molecule has 0 amide bonds. The number of nitrogens with zero attached hydrogens (tertiary/aromatic N) is 2. The van der Waals surface area contributed by atoms with E-state index >= 15 is 0 Å². The molecule has 0 saturated carbocycles. The number of hydrogen-bond donors (Lipinski definition) is 1. The maximum Gasteiger partial charge on any atom is 0.181 e. The van der Waals surface area contributed by atoms with Gasteiger partial charge in [-0.2, -0.15) is 0 Å². The van der Waals surface area contributed by atoms with Crippen LogP contribution in [-0.2, 0) is 6.54 Å². The van der Waals surface area contributed by atoms with E-state index in [4.69, 9.17) is 5.73 Å². The fraction of sp³-hybridized carbons (Fsp3) is 0.357. The van der Waals surface area contributed by atoms with E-state index in [1.165, 1.54) is 10.3 Å². The number of unbranched alkanes of at least 4 members (excludes halogenated alkanes) is 1. The minimum atomic E-state index is 0.640. The van der Waals surface area contributed by atoms with Crippen LogP contribution in [0.25, 0.3) is 10.2 Å². The predicted molar refractivity (Wildman–Crippen MR) is 79.8 cm³/mol. The average Bonchev–Trinajstić information content (AvgIpc) is 2.69. The number of nitrogen functional groups attached to an aromatic ring is 1. The molecule has 0 bridgehead atoms. The molecule has 18 heavy (non-hydrogen) atoms. The van der Waals surface area contributed by atoms with Crippen LogP contribution in [0.4, 0.5) is 5.13 Å². The van der Waals surface area contributed by atoms with Crippen LogP contribution in [0.1, 0.15) is 18.4 Å². The molecule has 2 N–H and O–H groups in total. The highest BCUT2D eigenvalue weighted by Crippen LogP contribution is 2.24. The Kier molecular flexibility index (Phi) is 4.33. The van der Waals surface area contributed by atoms with Crippen molar-refractivity contribution in [2.45, 2.75) is 19.4 Å². The predicted octanol–water partition coefficient (Wildman–Crippen LogP) is 3.28. The van der Waals surface area contributed by atoms with Gasteiger partial charge in [-0.1, -0.05) is 23.5 Å². The number of nitrogens with two attached hydrogens (primary N) is 1. The first-order chi connectivity index (χ1) is 8.69. The van der Waals surface area contributed by atoms with Crippen LogP contribution in [0.15, 0.2) is 30.9 Å². The van der Waals surface area contributed by atoms with E-state index in [0.717, 1.165) is 31.4 Å². The topological polar surface area (TPSA) is 42.2 Å². The van der Waals surface area contributed by atoms with E-state index in [2.05, 4.69) is 41.7 Å². The second-order valence-electron chi connectivity index (χ2n) is 4.52. The monoisotopic (exact) mass is 261 g/mol. The van der Waals surface area contributed by atoms with E-state index in [9.17, 15) is 0 Å². The fourth-order valence-corrected chi connectivity index (χ4v) is 2.78. The first kappa shape index (κ1) is 13.1. The molecule has 1 aromatic heterocycles. The summed E-state index contributed by atoms with van der Waals surface area (Å²) in [7, 11) is 2.15. The van der Waals surface area contributed by atoms with Gasteiger partial charge in [0.2, 0.25) is 0 Å². The van der Waals surface area contributed by atoms with Crippen molar-refractivity contribution >= 4 is 26.7 Å². The van der Waals surface area contributed by atoms with Crippen molar-refractivity contribution in [2.24, 2.45) is 0 Å². The second-order valence-corrected chi connectivity index (χ2v) is 5.59. The summed E-state index contributed by atoms with van der Waals surface area (Å²) < 4.78 is 1.17. The summed E-state index contributed by atoms with van der Waals surface area (Å²) in [6.45, 7) is 5.80. The lowest BCUT2D eigenvalue weighted by Crippen LogP contribution is -2.18. The smallest absolute Gasteiger partial charge is 0.181 e. The highest BCUT2D eigenvalue weighted by Gasteiger charge is 2.04. The molecular formula is C14H19N3S. The molecule has 0 aliphatic carbocycles. The van der Waals surface area contributed by atoms with Gasteiger partial charge in [-0.05, 0) is 44.1 Å². The van der Waals surface area contributed by atoms with Crippen molar-refractivity contribution < 1.29 is 0 Å². The zero-order chi connectivity index (χ0) is 13.0. The van der Waals surface area contributed by atoms with Gasteiger partial charge in [0.15, 0.2) is 5.13 Å². The first-order valence-corrected chi connectivity index (χ1v) is 6.95. The Morgan fingerprint density at radius 2 is 2.33 bits per heavy atom. The molecule has 0 unspecified atom stereocenters.